The highest BCUT2D eigenvalue weighted by molar-refractivity contribution is 9.10. The molecule has 1 fully saturated rings. The molecule has 0 amide bonds. The first-order valence-corrected chi connectivity index (χ1v) is 7.72. The lowest BCUT2D eigenvalue weighted by molar-refractivity contribution is 0.172. The highest BCUT2D eigenvalue weighted by atomic mass is 79.9. The molecule has 1 heterocycles. The van der Waals surface area contributed by atoms with Gasteiger partial charge in [0.1, 0.15) is 0 Å². The summed E-state index contributed by atoms with van der Waals surface area (Å²) < 4.78 is 1.22. The van der Waals surface area contributed by atoms with E-state index in [9.17, 15) is 0 Å². The minimum Gasteiger partial charge on any atom is -0.314 e. The van der Waals surface area contributed by atoms with Gasteiger partial charge in [-0.15, -0.1) is 31.4 Å². The van der Waals surface area contributed by atoms with Gasteiger partial charge in [0.15, 0.2) is 0 Å². The molecule has 120 valence electrons. The summed E-state index contributed by atoms with van der Waals surface area (Å²) in [5.74, 6) is 0. The zero-order valence-corrected chi connectivity index (χ0v) is 15.9. The first-order chi connectivity index (χ1) is 9.08. The lowest BCUT2D eigenvalue weighted by atomic mass is 9.97. The molecular formula is C16H25BrCl2N2. The Labute approximate surface area is 149 Å². The first-order valence-electron chi connectivity index (χ1n) is 6.93. The van der Waals surface area contributed by atoms with Gasteiger partial charge in [-0.1, -0.05) is 33.6 Å². The number of hydrogen-bond acceptors (Lipinski definition) is 2. The molecule has 0 spiro atoms. The monoisotopic (exact) mass is 394 g/mol. The number of aryl methyl sites for hydroxylation is 1. The molecule has 1 aliphatic heterocycles. The van der Waals surface area contributed by atoms with Gasteiger partial charge in [-0.05, 0) is 37.5 Å². The molecule has 21 heavy (non-hydrogen) atoms. The first kappa shape index (κ1) is 20.9. The van der Waals surface area contributed by atoms with Crippen LogP contribution in [0.25, 0.3) is 0 Å². The smallest absolute Gasteiger partial charge is 0.0397 e. The predicted octanol–water partition coefficient (Wildman–Crippen LogP) is 4.51. The summed E-state index contributed by atoms with van der Waals surface area (Å²) >= 11 is 3.73. The van der Waals surface area contributed by atoms with Gasteiger partial charge < -0.3 is 5.32 Å². The Hall–Kier alpha value is -0.0600. The van der Waals surface area contributed by atoms with Gasteiger partial charge >= 0.3 is 0 Å². The van der Waals surface area contributed by atoms with Crippen LogP contribution >= 0.6 is 40.7 Å². The molecule has 0 unspecified atom stereocenters. The molecule has 2 rings (SSSR count). The second kappa shape index (κ2) is 9.86. The molecule has 1 saturated heterocycles. The zero-order valence-electron chi connectivity index (χ0n) is 12.7. The average molecular weight is 396 g/mol. The van der Waals surface area contributed by atoms with Crippen LogP contribution in [0.3, 0.4) is 0 Å². The van der Waals surface area contributed by atoms with Crippen molar-refractivity contribution in [2.24, 2.45) is 0 Å². The number of halogens is 3. The zero-order chi connectivity index (χ0) is 13.8. The largest absolute Gasteiger partial charge is 0.314 e. The maximum absolute atomic E-state index is 4.10. The van der Waals surface area contributed by atoms with E-state index in [-0.39, 0.29) is 24.8 Å². The van der Waals surface area contributed by atoms with Crippen molar-refractivity contribution in [1.29, 1.82) is 0 Å². The Morgan fingerprint density at radius 1 is 1.33 bits per heavy atom. The molecule has 0 aromatic heterocycles. The van der Waals surface area contributed by atoms with Crippen molar-refractivity contribution in [3.63, 3.8) is 0 Å². The van der Waals surface area contributed by atoms with E-state index in [1.54, 1.807) is 0 Å². The molecular weight excluding hydrogens is 371 g/mol. The number of rotatable bonds is 4. The molecule has 0 saturated carbocycles. The summed E-state index contributed by atoms with van der Waals surface area (Å²) in [7, 11) is 0. The highest BCUT2D eigenvalue weighted by Gasteiger charge is 2.23. The summed E-state index contributed by atoms with van der Waals surface area (Å²) in [6, 6.07) is 7.11. The molecule has 1 aromatic carbocycles. The van der Waals surface area contributed by atoms with Gasteiger partial charge in [-0.2, -0.15) is 0 Å². The van der Waals surface area contributed by atoms with E-state index in [1.807, 2.05) is 0 Å². The van der Waals surface area contributed by atoms with Crippen LogP contribution < -0.4 is 5.32 Å². The van der Waals surface area contributed by atoms with Crippen molar-refractivity contribution in [2.75, 3.05) is 26.2 Å². The summed E-state index contributed by atoms with van der Waals surface area (Å²) in [5, 5.41) is 3.42. The Balaban J connectivity index is 0.00000200. The van der Waals surface area contributed by atoms with E-state index in [0.717, 1.165) is 32.6 Å². The van der Waals surface area contributed by atoms with Crippen LogP contribution in [0.4, 0.5) is 0 Å². The van der Waals surface area contributed by atoms with Gasteiger partial charge in [0.05, 0.1) is 0 Å². The van der Waals surface area contributed by atoms with Crippen molar-refractivity contribution in [3.05, 3.63) is 46.0 Å². The third-order valence-corrected chi connectivity index (χ3v) is 4.34. The van der Waals surface area contributed by atoms with Crippen molar-refractivity contribution < 1.29 is 0 Å². The maximum atomic E-state index is 4.10. The van der Waals surface area contributed by atoms with Gasteiger partial charge in [0.2, 0.25) is 0 Å². The Morgan fingerprint density at radius 3 is 2.48 bits per heavy atom. The molecule has 2 nitrogen and oxygen atoms in total. The summed E-state index contributed by atoms with van der Waals surface area (Å²) in [4.78, 5) is 2.57. The quantitative estimate of drug-likeness (QED) is 0.754. The van der Waals surface area contributed by atoms with E-state index in [4.69, 9.17) is 0 Å². The number of benzene rings is 1. The van der Waals surface area contributed by atoms with Crippen molar-refractivity contribution in [3.8, 4) is 0 Å². The van der Waals surface area contributed by atoms with E-state index in [2.05, 4.69) is 64.8 Å². The Kier molecular flexibility index (Phi) is 9.83. The van der Waals surface area contributed by atoms with Gasteiger partial charge in [-0.3, -0.25) is 4.90 Å². The van der Waals surface area contributed by atoms with Gasteiger partial charge in [-0.25, -0.2) is 0 Å². The second-order valence-electron chi connectivity index (χ2n) is 5.49. The molecule has 1 aliphatic rings. The van der Waals surface area contributed by atoms with Gasteiger partial charge in [0.25, 0.3) is 0 Å². The summed E-state index contributed by atoms with van der Waals surface area (Å²) in [6.45, 7) is 12.7. The number of piperazine rings is 1. The molecule has 1 N–H and O–H groups in total. The maximum Gasteiger partial charge on any atom is 0.0397 e. The normalized spacial score (nSPS) is 16.5. The number of nitrogens with zero attached hydrogens (tertiary/aromatic N) is 1. The van der Waals surface area contributed by atoms with Crippen molar-refractivity contribution >= 4 is 40.7 Å². The Bertz CT molecular complexity index is 460. The van der Waals surface area contributed by atoms with Crippen LogP contribution in [0, 0.1) is 6.92 Å². The van der Waals surface area contributed by atoms with E-state index < -0.39 is 0 Å². The van der Waals surface area contributed by atoms with Crippen LogP contribution in [-0.4, -0.2) is 31.1 Å². The van der Waals surface area contributed by atoms with Crippen molar-refractivity contribution in [2.45, 2.75) is 26.3 Å². The van der Waals surface area contributed by atoms with E-state index in [1.165, 1.54) is 21.2 Å². The second-order valence-corrected chi connectivity index (χ2v) is 6.34. The molecule has 5 heteroatoms. The topological polar surface area (TPSA) is 15.3 Å². The molecule has 1 aromatic rings. The van der Waals surface area contributed by atoms with Crippen LogP contribution in [0.2, 0.25) is 0 Å². The lowest BCUT2D eigenvalue weighted by Crippen LogP contribution is -2.45. The van der Waals surface area contributed by atoms with Crippen LogP contribution in [-0.2, 0) is 0 Å². The molecule has 1 atom stereocenters. The minimum atomic E-state index is 0. The number of nitrogens with one attached hydrogen (secondary N) is 1. The molecule has 0 aliphatic carbocycles. The third kappa shape index (κ3) is 5.91. The standard InChI is InChI=1S/C16H23BrN2.2ClH/c1-12(2)10-16(19-8-6-18-7-9-19)14-5-4-13(3)11-15(14)17;;/h4-5,11,16,18H,1,6-10H2,2-3H3;2*1H/t16-;;/m0../s1. The van der Waals surface area contributed by atoms with Crippen LogP contribution in [0.1, 0.15) is 30.5 Å². The SMILES string of the molecule is C=C(C)C[C@@H](c1ccc(C)cc1Br)N1CCNCC1.Cl.Cl. The molecule has 0 radical (unpaired) electrons. The molecule has 0 bridgehead atoms. The van der Waals surface area contributed by atoms with Gasteiger partial charge in [0, 0.05) is 36.7 Å². The highest BCUT2D eigenvalue weighted by Crippen LogP contribution is 2.33. The number of hydrogen-bond donors (Lipinski definition) is 1. The van der Waals surface area contributed by atoms with E-state index in [0.29, 0.717) is 6.04 Å². The third-order valence-electron chi connectivity index (χ3n) is 3.65. The minimum absolute atomic E-state index is 0. The van der Waals surface area contributed by atoms with E-state index >= 15 is 0 Å². The average Bonchev–Trinajstić information content (AvgIpc) is 2.37. The fourth-order valence-electron chi connectivity index (χ4n) is 2.66. The fraction of sp³-hybridized carbons (Fsp3) is 0.500. The fourth-order valence-corrected chi connectivity index (χ4v) is 3.42. The van der Waals surface area contributed by atoms with Crippen molar-refractivity contribution in [1.82, 2.24) is 10.2 Å². The predicted molar refractivity (Wildman–Crippen MR) is 100.0 cm³/mol. The summed E-state index contributed by atoms with van der Waals surface area (Å²) in [5.41, 5.74) is 3.93. The van der Waals surface area contributed by atoms with Crippen LogP contribution in [0.15, 0.2) is 34.8 Å². The summed E-state index contributed by atoms with van der Waals surface area (Å²) in [6.07, 6.45) is 1.03. The lowest BCUT2D eigenvalue weighted by Gasteiger charge is -2.36. The Morgan fingerprint density at radius 2 is 1.95 bits per heavy atom. The van der Waals surface area contributed by atoms with Crippen LogP contribution in [0.5, 0.6) is 0 Å².